The summed E-state index contributed by atoms with van der Waals surface area (Å²) in [5.41, 5.74) is 3.51. The molecule has 0 fully saturated rings. The Morgan fingerprint density at radius 3 is 2.18 bits per heavy atom. The van der Waals surface area contributed by atoms with Crippen LogP contribution in [0.2, 0.25) is 0 Å². The van der Waals surface area contributed by atoms with E-state index in [2.05, 4.69) is 45.1 Å². The van der Waals surface area contributed by atoms with Crippen molar-refractivity contribution in [3.8, 4) is 0 Å². The van der Waals surface area contributed by atoms with Crippen LogP contribution < -0.4 is 10.9 Å². The molecule has 1 aromatic heterocycles. The molecule has 0 aliphatic rings. The van der Waals surface area contributed by atoms with Crippen LogP contribution >= 0.6 is 0 Å². The average molecular weight is 523 g/mol. The number of amides is 2. The molecule has 1 heterocycles. The van der Waals surface area contributed by atoms with E-state index < -0.39 is 6.04 Å². The highest BCUT2D eigenvalue weighted by Crippen LogP contribution is 2.33. The summed E-state index contributed by atoms with van der Waals surface area (Å²) in [7, 11) is 3.25. The molecule has 0 saturated carbocycles. The van der Waals surface area contributed by atoms with E-state index in [-0.39, 0.29) is 23.4 Å². The van der Waals surface area contributed by atoms with Crippen molar-refractivity contribution in [3.63, 3.8) is 0 Å². The third kappa shape index (κ3) is 6.60. The van der Waals surface area contributed by atoms with E-state index in [1.165, 1.54) is 0 Å². The van der Waals surface area contributed by atoms with E-state index in [0.717, 1.165) is 16.8 Å². The molecule has 2 aromatic carbocycles. The smallest absolute Gasteiger partial charge is 0.322 e. The Kier molecular flexibility index (Phi) is 10.4. The van der Waals surface area contributed by atoms with Gasteiger partial charge in [0, 0.05) is 33.1 Å². The molecule has 1 atom stereocenters. The second-order valence-corrected chi connectivity index (χ2v) is 10.2. The van der Waals surface area contributed by atoms with Gasteiger partial charge in [0.15, 0.2) is 0 Å². The Labute approximate surface area is 226 Å². The summed E-state index contributed by atoms with van der Waals surface area (Å²) in [4.78, 5) is 34.1. The van der Waals surface area contributed by atoms with Gasteiger partial charge in [-0.2, -0.15) is 0 Å². The van der Waals surface area contributed by atoms with E-state index in [1.54, 1.807) is 29.8 Å². The number of aromatic nitrogens is 2. The standard InChI is InChI=1S/C30H42N4O4/c1-20(2)23-13-10-14-24(21(3)4)27(23)32-30(36)33(16-11-18-37-6)22(5)28-31-26-15-9-8-12-25(26)29(35)34(28)17-19-38-7/h8-10,12-15,20-22H,11,16-19H2,1-7H3,(H,32,36). The number of carbonyl (C=O) groups excluding carboxylic acids is 1. The van der Waals surface area contributed by atoms with E-state index in [4.69, 9.17) is 14.5 Å². The molecular weight excluding hydrogens is 480 g/mol. The highest BCUT2D eigenvalue weighted by atomic mass is 16.5. The van der Waals surface area contributed by atoms with Gasteiger partial charge in [-0.05, 0) is 48.4 Å². The number of anilines is 1. The maximum absolute atomic E-state index is 14.0. The number of hydrogen-bond acceptors (Lipinski definition) is 5. The molecule has 8 nitrogen and oxygen atoms in total. The minimum atomic E-state index is -0.477. The van der Waals surface area contributed by atoms with Crippen LogP contribution in [0.3, 0.4) is 0 Å². The van der Waals surface area contributed by atoms with Crippen LogP contribution in [0, 0.1) is 0 Å². The number of carbonyl (C=O) groups is 1. The van der Waals surface area contributed by atoms with Crippen molar-refractivity contribution in [3.05, 3.63) is 69.8 Å². The number of para-hydroxylation sites is 2. The zero-order chi connectivity index (χ0) is 27.8. The Hall–Kier alpha value is -3.23. The zero-order valence-electron chi connectivity index (χ0n) is 23.8. The fourth-order valence-electron chi connectivity index (χ4n) is 4.77. The fourth-order valence-corrected chi connectivity index (χ4v) is 4.77. The molecule has 0 saturated heterocycles. The SMILES string of the molecule is COCCCN(C(=O)Nc1c(C(C)C)cccc1C(C)C)C(C)c1nc2ccccc2c(=O)n1CCOC. The molecule has 3 aromatic rings. The van der Waals surface area contributed by atoms with Gasteiger partial charge in [0.2, 0.25) is 0 Å². The molecule has 0 bridgehead atoms. The van der Waals surface area contributed by atoms with Gasteiger partial charge in [0.25, 0.3) is 5.56 Å². The molecule has 1 N–H and O–H groups in total. The van der Waals surface area contributed by atoms with E-state index in [1.807, 2.05) is 31.2 Å². The molecule has 0 aliphatic carbocycles. The first-order valence-electron chi connectivity index (χ1n) is 13.4. The number of benzene rings is 2. The van der Waals surface area contributed by atoms with Crippen LogP contribution in [0.1, 0.15) is 75.9 Å². The lowest BCUT2D eigenvalue weighted by atomic mass is 9.92. The van der Waals surface area contributed by atoms with Crippen molar-refractivity contribution in [2.45, 2.75) is 65.5 Å². The molecular formula is C30H42N4O4. The van der Waals surface area contributed by atoms with Gasteiger partial charge in [-0.1, -0.05) is 58.0 Å². The fraction of sp³-hybridized carbons (Fsp3) is 0.500. The Morgan fingerprint density at radius 1 is 0.947 bits per heavy atom. The normalized spacial score (nSPS) is 12.3. The van der Waals surface area contributed by atoms with Gasteiger partial charge in [0.1, 0.15) is 5.82 Å². The molecule has 1 unspecified atom stereocenters. The predicted octanol–water partition coefficient (Wildman–Crippen LogP) is 5.92. The van der Waals surface area contributed by atoms with Crippen LogP contribution in [-0.2, 0) is 16.0 Å². The number of ether oxygens (including phenoxy) is 2. The van der Waals surface area contributed by atoms with Crippen molar-refractivity contribution in [2.75, 3.05) is 39.3 Å². The lowest BCUT2D eigenvalue weighted by Crippen LogP contribution is -2.41. The van der Waals surface area contributed by atoms with Gasteiger partial charge in [-0.25, -0.2) is 9.78 Å². The first kappa shape index (κ1) is 29.3. The summed E-state index contributed by atoms with van der Waals surface area (Å²) in [6.07, 6.45) is 0.646. The molecule has 0 aliphatic heterocycles. The molecule has 2 amide bonds. The summed E-state index contributed by atoms with van der Waals surface area (Å²) in [6.45, 7) is 12.1. The van der Waals surface area contributed by atoms with Gasteiger partial charge in [-0.3, -0.25) is 9.36 Å². The lowest BCUT2D eigenvalue weighted by Gasteiger charge is -2.32. The van der Waals surface area contributed by atoms with E-state index in [0.29, 0.717) is 49.5 Å². The van der Waals surface area contributed by atoms with Crippen LogP contribution in [0.5, 0.6) is 0 Å². The second-order valence-electron chi connectivity index (χ2n) is 10.2. The van der Waals surface area contributed by atoms with Crippen molar-refractivity contribution >= 4 is 22.6 Å². The van der Waals surface area contributed by atoms with Crippen LogP contribution in [0.25, 0.3) is 10.9 Å². The van der Waals surface area contributed by atoms with Gasteiger partial charge in [-0.15, -0.1) is 0 Å². The second kappa shape index (κ2) is 13.5. The van der Waals surface area contributed by atoms with E-state index >= 15 is 0 Å². The number of methoxy groups -OCH3 is 2. The van der Waals surface area contributed by atoms with Gasteiger partial charge in [0.05, 0.1) is 30.1 Å². The molecule has 0 radical (unpaired) electrons. The first-order chi connectivity index (χ1) is 18.2. The van der Waals surface area contributed by atoms with Gasteiger partial charge >= 0.3 is 6.03 Å². The summed E-state index contributed by atoms with van der Waals surface area (Å²) < 4.78 is 12.2. The Morgan fingerprint density at radius 2 is 1.58 bits per heavy atom. The predicted molar refractivity (Wildman–Crippen MR) is 153 cm³/mol. The van der Waals surface area contributed by atoms with Crippen molar-refractivity contribution < 1.29 is 14.3 Å². The van der Waals surface area contributed by atoms with E-state index in [9.17, 15) is 9.59 Å². The minimum absolute atomic E-state index is 0.140. The van der Waals surface area contributed by atoms with Crippen molar-refractivity contribution in [1.29, 1.82) is 0 Å². The third-order valence-electron chi connectivity index (χ3n) is 6.86. The number of hydrogen-bond donors (Lipinski definition) is 1. The summed E-state index contributed by atoms with van der Waals surface area (Å²) in [6, 6.07) is 12.8. The average Bonchev–Trinajstić information content (AvgIpc) is 2.90. The molecule has 206 valence electrons. The number of rotatable bonds is 12. The number of fused-ring (bicyclic) bond motifs is 1. The number of urea groups is 1. The Balaban J connectivity index is 2.08. The Bertz CT molecular complexity index is 1260. The van der Waals surface area contributed by atoms with Crippen molar-refractivity contribution in [2.24, 2.45) is 0 Å². The highest BCUT2D eigenvalue weighted by Gasteiger charge is 2.27. The number of nitrogens with zero attached hydrogens (tertiary/aromatic N) is 3. The largest absolute Gasteiger partial charge is 0.385 e. The topological polar surface area (TPSA) is 85.7 Å². The first-order valence-corrected chi connectivity index (χ1v) is 13.4. The third-order valence-corrected chi connectivity index (χ3v) is 6.86. The maximum Gasteiger partial charge on any atom is 0.322 e. The van der Waals surface area contributed by atoms with Gasteiger partial charge < -0.3 is 19.7 Å². The lowest BCUT2D eigenvalue weighted by molar-refractivity contribution is 0.155. The van der Waals surface area contributed by atoms with Crippen LogP contribution in [0.15, 0.2) is 47.3 Å². The maximum atomic E-state index is 14.0. The molecule has 0 spiro atoms. The van der Waals surface area contributed by atoms with Crippen molar-refractivity contribution in [1.82, 2.24) is 14.5 Å². The summed E-state index contributed by atoms with van der Waals surface area (Å²) in [5.74, 6) is 1.01. The molecule has 38 heavy (non-hydrogen) atoms. The van der Waals surface area contributed by atoms with Crippen LogP contribution in [-0.4, -0.2) is 54.5 Å². The summed E-state index contributed by atoms with van der Waals surface area (Å²) in [5, 5.41) is 3.78. The zero-order valence-corrected chi connectivity index (χ0v) is 23.8. The van der Waals surface area contributed by atoms with Crippen LogP contribution in [0.4, 0.5) is 10.5 Å². The number of nitrogens with one attached hydrogen (secondary N) is 1. The molecule has 8 heteroatoms. The minimum Gasteiger partial charge on any atom is -0.385 e. The quantitative estimate of drug-likeness (QED) is 0.298. The highest BCUT2D eigenvalue weighted by molar-refractivity contribution is 5.91. The monoisotopic (exact) mass is 522 g/mol. The summed E-state index contributed by atoms with van der Waals surface area (Å²) >= 11 is 0. The molecule has 3 rings (SSSR count).